The van der Waals surface area contributed by atoms with Crippen molar-refractivity contribution in [2.24, 2.45) is 0 Å². The quantitative estimate of drug-likeness (QED) is 0.770. The third-order valence-corrected chi connectivity index (χ3v) is 2.24. The van der Waals surface area contributed by atoms with Gasteiger partial charge in [0, 0.05) is 18.9 Å². The van der Waals surface area contributed by atoms with E-state index in [4.69, 9.17) is 9.84 Å². The molecule has 0 saturated heterocycles. The lowest BCUT2D eigenvalue weighted by Crippen LogP contribution is -2.04. The minimum absolute atomic E-state index is 0.317. The van der Waals surface area contributed by atoms with Crippen molar-refractivity contribution in [1.29, 1.82) is 0 Å². The maximum atomic E-state index is 9.08. The number of nitrogens with zero attached hydrogens (tertiary/aromatic N) is 1. The van der Waals surface area contributed by atoms with Gasteiger partial charge in [0.2, 0.25) is 0 Å². The Kier molecular flexibility index (Phi) is 3.65. The van der Waals surface area contributed by atoms with Gasteiger partial charge in [0.05, 0.1) is 18.4 Å². The number of hydrogen-bond acceptors (Lipinski definition) is 4. The molecule has 1 aromatic heterocycles. The molecule has 1 heterocycles. The Labute approximate surface area is 76.0 Å². The van der Waals surface area contributed by atoms with Crippen LogP contribution in [-0.2, 0) is 17.8 Å². The van der Waals surface area contributed by atoms with E-state index in [1.807, 2.05) is 5.38 Å². The molecular weight excluding hydrogens is 174 g/mol. The van der Waals surface area contributed by atoms with Crippen LogP contribution < -0.4 is 0 Å². The minimum Gasteiger partial charge on any atom is -0.393 e. The third-order valence-electron chi connectivity index (χ3n) is 1.37. The van der Waals surface area contributed by atoms with E-state index < -0.39 is 0 Å². The first-order valence-electron chi connectivity index (χ1n) is 3.82. The van der Waals surface area contributed by atoms with Gasteiger partial charge in [-0.1, -0.05) is 0 Å². The molecule has 0 aliphatic rings. The fraction of sp³-hybridized carbons (Fsp3) is 0.625. The van der Waals surface area contributed by atoms with Crippen LogP contribution in [0.3, 0.4) is 0 Å². The first-order valence-corrected chi connectivity index (χ1v) is 4.70. The van der Waals surface area contributed by atoms with Crippen LogP contribution in [0.2, 0.25) is 0 Å². The van der Waals surface area contributed by atoms with E-state index in [2.05, 4.69) is 4.98 Å². The number of thiazole rings is 1. The van der Waals surface area contributed by atoms with Crippen molar-refractivity contribution in [2.75, 3.05) is 7.11 Å². The molecule has 4 heteroatoms. The molecule has 0 amide bonds. The van der Waals surface area contributed by atoms with Gasteiger partial charge in [-0.2, -0.15) is 0 Å². The number of hydrogen-bond donors (Lipinski definition) is 1. The van der Waals surface area contributed by atoms with E-state index in [-0.39, 0.29) is 6.10 Å². The van der Waals surface area contributed by atoms with E-state index in [1.165, 1.54) is 0 Å². The lowest BCUT2D eigenvalue weighted by atomic mass is 10.2. The summed E-state index contributed by atoms with van der Waals surface area (Å²) in [4.78, 5) is 4.27. The zero-order chi connectivity index (χ0) is 8.97. The highest BCUT2D eigenvalue weighted by atomic mass is 32.1. The fourth-order valence-electron chi connectivity index (χ4n) is 0.935. The second-order valence-corrected chi connectivity index (χ2v) is 3.66. The van der Waals surface area contributed by atoms with Gasteiger partial charge in [-0.15, -0.1) is 11.3 Å². The summed E-state index contributed by atoms with van der Waals surface area (Å²) >= 11 is 1.57. The van der Waals surface area contributed by atoms with Crippen molar-refractivity contribution in [1.82, 2.24) is 4.98 Å². The van der Waals surface area contributed by atoms with Gasteiger partial charge in [0.1, 0.15) is 5.01 Å². The van der Waals surface area contributed by atoms with E-state index >= 15 is 0 Å². The fourth-order valence-corrected chi connectivity index (χ4v) is 1.71. The molecule has 0 unspecified atom stereocenters. The normalized spacial score (nSPS) is 13.2. The van der Waals surface area contributed by atoms with Crippen LogP contribution in [0.25, 0.3) is 0 Å². The van der Waals surface area contributed by atoms with Gasteiger partial charge < -0.3 is 9.84 Å². The van der Waals surface area contributed by atoms with Gasteiger partial charge in [-0.05, 0) is 6.92 Å². The number of ether oxygens (including phenoxy) is 1. The van der Waals surface area contributed by atoms with Crippen molar-refractivity contribution in [3.8, 4) is 0 Å². The highest BCUT2D eigenvalue weighted by Gasteiger charge is 2.03. The van der Waals surface area contributed by atoms with Gasteiger partial charge >= 0.3 is 0 Å². The minimum atomic E-state index is -0.317. The molecule has 12 heavy (non-hydrogen) atoms. The summed E-state index contributed by atoms with van der Waals surface area (Å²) in [5.74, 6) is 0. The van der Waals surface area contributed by atoms with Crippen LogP contribution in [0.15, 0.2) is 5.38 Å². The lowest BCUT2D eigenvalue weighted by molar-refractivity contribution is 0.183. The second-order valence-electron chi connectivity index (χ2n) is 2.72. The van der Waals surface area contributed by atoms with Crippen LogP contribution in [0.5, 0.6) is 0 Å². The van der Waals surface area contributed by atoms with E-state index in [0.717, 1.165) is 10.7 Å². The first kappa shape index (κ1) is 9.64. The average molecular weight is 187 g/mol. The second kappa shape index (κ2) is 4.54. The Hall–Kier alpha value is -0.450. The van der Waals surface area contributed by atoms with E-state index in [1.54, 1.807) is 25.4 Å². The summed E-state index contributed by atoms with van der Waals surface area (Å²) in [5, 5.41) is 12.0. The predicted octanol–water partition coefficient (Wildman–Crippen LogP) is 1.21. The highest BCUT2D eigenvalue weighted by molar-refractivity contribution is 7.09. The summed E-state index contributed by atoms with van der Waals surface area (Å²) in [6.45, 7) is 2.32. The molecule has 68 valence electrons. The van der Waals surface area contributed by atoms with Gasteiger partial charge in [-0.3, -0.25) is 0 Å². The Morgan fingerprint density at radius 2 is 2.50 bits per heavy atom. The van der Waals surface area contributed by atoms with Crippen molar-refractivity contribution in [2.45, 2.75) is 26.1 Å². The molecule has 3 nitrogen and oxygen atoms in total. The van der Waals surface area contributed by atoms with Crippen molar-refractivity contribution in [3.05, 3.63) is 16.1 Å². The standard InChI is InChI=1S/C8H13NO2S/c1-6(10)3-7-5-12-8(9-7)4-11-2/h5-6,10H,3-4H2,1-2H3/t6-/m1/s1. The summed E-state index contributed by atoms with van der Waals surface area (Å²) in [6, 6.07) is 0. The molecular formula is C8H13NO2S. The maximum absolute atomic E-state index is 9.08. The van der Waals surface area contributed by atoms with Gasteiger partial charge in [0.15, 0.2) is 0 Å². The number of aliphatic hydroxyl groups excluding tert-OH is 1. The molecule has 1 atom stereocenters. The largest absolute Gasteiger partial charge is 0.393 e. The van der Waals surface area contributed by atoms with Crippen LogP contribution in [-0.4, -0.2) is 23.3 Å². The molecule has 0 aliphatic carbocycles. The molecule has 0 fully saturated rings. The summed E-state index contributed by atoms with van der Waals surface area (Å²) in [5.41, 5.74) is 0.946. The molecule has 0 bridgehead atoms. The Balaban J connectivity index is 2.52. The number of methoxy groups -OCH3 is 1. The summed E-state index contributed by atoms with van der Waals surface area (Å²) < 4.78 is 4.93. The lowest BCUT2D eigenvalue weighted by Gasteiger charge is -1.98. The number of aromatic nitrogens is 1. The molecule has 1 rings (SSSR count). The monoisotopic (exact) mass is 187 g/mol. The molecule has 1 N–H and O–H groups in total. The smallest absolute Gasteiger partial charge is 0.119 e. The van der Waals surface area contributed by atoms with Crippen molar-refractivity contribution in [3.63, 3.8) is 0 Å². The van der Waals surface area contributed by atoms with E-state index in [0.29, 0.717) is 13.0 Å². The maximum Gasteiger partial charge on any atom is 0.119 e. The van der Waals surface area contributed by atoms with Gasteiger partial charge in [-0.25, -0.2) is 4.98 Å². The molecule has 0 saturated carbocycles. The number of rotatable bonds is 4. The molecule has 0 spiro atoms. The highest BCUT2D eigenvalue weighted by Crippen LogP contribution is 2.11. The third kappa shape index (κ3) is 2.89. The number of aliphatic hydroxyl groups is 1. The van der Waals surface area contributed by atoms with Crippen molar-refractivity contribution >= 4 is 11.3 Å². The average Bonchev–Trinajstić information content (AvgIpc) is 2.36. The van der Waals surface area contributed by atoms with Crippen LogP contribution >= 0.6 is 11.3 Å². The molecule has 1 aromatic rings. The zero-order valence-corrected chi connectivity index (χ0v) is 8.10. The Bertz CT molecular complexity index is 235. The first-order chi connectivity index (χ1) is 5.72. The molecule has 0 aliphatic heterocycles. The summed E-state index contributed by atoms with van der Waals surface area (Å²) in [7, 11) is 1.65. The Morgan fingerprint density at radius 1 is 1.75 bits per heavy atom. The molecule has 0 aromatic carbocycles. The van der Waals surface area contributed by atoms with Crippen LogP contribution in [0.1, 0.15) is 17.6 Å². The van der Waals surface area contributed by atoms with Gasteiger partial charge in [0.25, 0.3) is 0 Å². The van der Waals surface area contributed by atoms with Crippen LogP contribution in [0, 0.1) is 0 Å². The SMILES string of the molecule is COCc1nc(C[C@@H](C)O)cs1. The van der Waals surface area contributed by atoms with E-state index in [9.17, 15) is 0 Å². The zero-order valence-electron chi connectivity index (χ0n) is 7.28. The van der Waals surface area contributed by atoms with Crippen molar-refractivity contribution < 1.29 is 9.84 Å². The summed E-state index contributed by atoms with van der Waals surface area (Å²) in [6.07, 6.45) is 0.308. The Morgan fingerprint density at radius 3 is 3.08 bits per heavy atom. The van der Waals surface area contributed by atoms with Crippen LogP contribution in [0.4, 0.5) is 0 Å². The molecule has 0 radical (unpaired) electrons. The topological polar surface area (TPSA) is 42.4 Å². The predicted molar refractivity (Wildman–Crippen MR) is 48.2 cm³/mol.